The van der Waals surface area contributed by atoms with Gasteiger partial charge in [-0.1, -0.05) is 36.4 Å². The van der Waals surface area contributed by atoms with Gasteiger partial charge in [0.15, 0.2) is 0 Å². The van der Waals surface area contributed by atoms with Gasteiger partial charge >= 0.3 is 0 Å². The standard InChI is InChI=1S/C19H22N4.ClH/c1-14-17(15(2)23(3)22-14)13-21-19(16-9-5-4-6-10-16)18-11-7-8-12-20-18;/h4-12,19,21H,13H2,1-3H3;1H. The lowest BCUT2D eigenvalue weighted by molar-refractivity contribution is 0.588. The molecule has 0 fully saturated rings. The summed E-state index contributed by atoms with van der Waals surface area (Å²) in [5.41, 5.74) is 5.76. The van der Waals surface area contributed by atoms with Gasteiger partial charge in [-0.05, 0) is 31.5 Å². The van der Waals surface area contributed by atoms with Gasteiger partial charge in [0.2, 0.25) is 0 Å². The van der Waals surface area contributed by atoms with Crippen molar-refractivity contribution >= 4 is 12.4 Å². The van der Waals surface area contributed by atoms with Crippen molar-refractivity contribution in [2.45, 2.75) is 26.4 Å². The summed E-state index contributed by atoms with van der Waals surface area (Å²) in [4.78, 5) is 4.53. The fraction of sp³-hybridized carbons (Fsp3) is 0.263. The van der Waals surface area contributed by atoms with E-state index in [0.29, 0.717) is 0 Å². The van der Waals surface area contributed by atoms with E-state index in [1.165, 1.54) is 16.8 Å². The molecule has 0 saturated heterocycles. The van der Waals surface area contributed by atoms with E-state index in [1.54, 1.807) is 0 Å². The molecule has 1 atom stereocenters. The highest BCUT2D eigenvalue weighted by molar-refractivity contribution is 5.85. The van der Waals surface area contributed by atoms with Crippen LogP contribution < -0.4 is 5.32 Å². The van der Waals surface area contributed by atoms with Crippen molar-refractivity contribution in [3.63, 3.8) is 0 Å². The Hall–Kier alpha value is -2.17. The molecule has 0 aliphatic heterocycles. The van der Waals surface area contributed by atoms with Gasteiger partial charge < -0.3 is 5.32 Å². The third-order valence-corrected chi connectivity index (χ3v) is 4.26. The lowest BCUT2D eigenvalue weighted by Crippen LogP contribution is -2.23. The largest absolute Gasteiger partial charge is 0.301 e. The van der Waals surface area contributed by atoms with Gasteiger partial charge in [0.05, 0.1) is 17.4 Å². The highest BCUT2D eigenvalue weighted by Gasteiger charge is 2.16. The van der Waals surface area contributed by atoms with Crippen molar-refractivity contribution < 1.29 is 0 Å². The summed E-state index contributed by atoms with van der Waals surface area (Å²) in [5.74, 6) is 0. The first kappa shape index (κ1) is 18.2. The van der Waals surface area contributed by atoms with Crippen LogP contribution in [-0.4, -0.2) is 14.8 Å². The van der Waals surface area contributed by atoms with Crippen molar-refractivity contribution in [2.75, 3.05) is 0 Å². The van der Waals surface area contributed by atoms with Gasteiger partial charge in [-0.25, -0.2) is 0 Å². The van der Waals surface area contributed by atoms with E-state index in [1.807, 2.05) is 36.1 Å². The minimum absolute atomic E-state index is 0. The first-order valence-electron chi connectivity index (χ1n) is 7.85. The number of hydrogen-bond donors (Lipinski definition) is 1. The van der Waals surface area contributed by atoms with Gasteiger partial charge in [-0.3, -0.25) is 9.67 Å². The summed E-state index contributed by atoms with van der Waals surface area (Å²) in [6, 6.07) is 16.5. The molecule has 2 heterocycles. The van der Waals surface area contributed by atoms with E-state index >= 15 is 0 Å². The normalized spacial score (nSPS) is 11.8. The van der Waals surface area contributed by atoms with Crippen molar-refractivity contribution in [3.05, 3.63) is 82.9 Å². The van der Waals surface area contributed by atoms with Crippen LogP contribution in [0.4, 0.5) is 0 Å². The lowest BCUT2D eigenvalue weighted by atomic mass is 10.0. The minimum atomic E-state index is 0. The molecule has 0 aliphatic rings. The summed E-state index contributed by atoms with van der Waals surface area (Å²) in [5, 5.41) is 8.14. The second kappa shape index (κ2) is 8.08. The Morgan fingerprint density at radius 3 is 2.33 bits per heavy atom. The van der Waals surface area contributed by atoms with E-state index in [4.69, 9.17) is 0 Å². The molecule has 24 heavy (non-hydrogen) atoms. The zero-order chi connectivity index (χ0) is 16.2. The Morgan fingerprint density at radius 2 is 1.75 bits per heavy atom. The van der Waals surface area contributed by atoms with Crippen LogP contribution in [0.2, 0.25) is 0 Å². The molecule has 4 nitrogen and oxygen atoms in total. The summed E-state index contributed by atoms with van der Waals surface area (Å²) < 4.78 is 1.94. The summed E-state index contributed by atoms with van der Waals surface area (Å²) in [7, 11) is 1.99. The number of aromatic nitrogens is 3. The predicted molar refractivity (Wildman–Crippen MR) is 99.3 cm³/mol. The SMILES string of the molecule is Cc1nn(C)c(C)c1CNC(c1ccccc1)c1ccccn1.Cl. The van der Waals surface area contributed by atoms with Gasteiger partial charge in [-0.2, -0.15) is 5.10 Å². The summed E-state index contributed by atoms with van der Waals surface area (Å²) in [6.07, 6.45) is 1.84. The number of hydrogen-bond acceptors (Lipinski definition) is 3. The number of rotatable bonds is 5. The lowest BCUT2D eigenvalue weighted by Gasteiger charge is -2.19. The van der Waals surface area contributed by atoms with Crippen LogP contribution in [0.15, 0.2) is 54.7 Å². The van der Waals surface area contributed by atoms with E-state index in [9.17, 15) is 0 Å². The maximum Gasteiger partial charge on any atom is 0.0754 e. The molecule has 1 unspecified atom stereocenters. The molecule has 1 N–H and O–H groups in total. The molecular weight excluding hydrogens is 320 g/mol. The number of aryl methyl sites for hydroxylation is 2. The maximum absolute atomic E-state index is 4.53. The zero-order valence-electron chi connectivity index (χ0n) is 14.2. The molecule has 126 valence electrons. The summed E-state index contributed by atoms with van der Waals surface area (Å²) in [6.45, 7) is 4.93. The van der Waals surface area contributed by atoms with E-state index in [0.717, 1.165) is 17.9 Å². The molecule has 0 saturated carbocycles. The van der Waals surface area contributed by atoms with Crippen LogP contribution in [0.3, 0.4) is 0 Å². The van der Waals surface area contributed by atoms with Crippen LogP contribution in [0.1, 0.15) is 34.3 Å². The molecule has 2 aromatic heterocycles. The Morgan fingerprint density at radius 1 is 1.04 bits per heavy atom. The number of pyridine rings is 1. The number of halogens is 1. The van der Waals surface area contributed by atoms with Crippen molar-refractivity contribution in [1.29, 1.82) is 0 Å². The van der Waals surface area contributed by atoms with E-state index < -0.39 is 0 Å². The molecule has 5 heteroatoms. The Kier molecular flexibility index (Phi) is 6.12. The third-order valence-electron chi connectivity index (χ3n) is 4.26. The van der Waals surface area contributed by atoms with Crippen molar-refractivity contribution in [1.82, 2.24) is 20.1 Å². The van der Waals surface area contributed by atoms with Gasteiger partial charge in [0.1, 0.15) is 0 Å². The molecule has 0 bridgehead atoms. The number of nitrogens with one attached hydrogen (secondary N) is 1. The fourth-order valence-corrected chi connectivity index (χ4v) is 2.86. The Bertz CT molecular complexity index is 729. The van der Waals surface area contributed by atoms with Gasteiger partial charge in [-0.15, -0.1) is 12.4 Å². The Balaban J connectivity index is 0.00000208. The van der Waals surface area contributed by atoms with Crippen LogP contribution in [0.5, 0.6) is 0 Å². The third kappa shape index (κ3) is 3.83. The predicted octanol–water partition coefficient (Wildman–Crippen LogP) is 3.73. The first-order valence-corrected chi connectivity index (χ1v) is 7.85. The zero-order valence-corrected chi connectivity index (χ0v) is 15.0. The van der Waals surface area contributed by atoms with Gasteiger partial charge in [0, 0.05) is 31.0 Å². The second-order valence-electron chi connectivity index (χ2n) is 5.75. The van der Waals surface area contributed by atoms with Crippen molar-refractivity contribution in [3.8, 4) is 0 Å². The average molecular weight is 343 g/mol. The fourth-order valence-electron chi connectivity index (χ4n) is 2.86. The highest BCUT2D eigenvalue weighted by Crippen LogP contribution is 2.21. The highest BCUT2D eigenvalue weighted by atomic mass is 35.5. The molecule has 0 spiro atoms. The molecule has 1 aromatic carbocycles. The number of nitrogens with zero attached hydrogens (tertiary/aromatic N) is 3. The first-order chi connectivity index (χ1) is 11.2. The van der Waals surface area contributed by atoms with Crippen LogP contribution in [0.25, 0.3) is 0 Å². The van der Waals surface area contributed by atoms with Crippen LogP contribution >= 0.6 is 12.4 Å². The monoisotopic (exact) mass is 342 g/mol. The maximum atomic E-state index is 4.53. The minimum Gasteiger partial charge on any atom is -0.301 e. The molecule has 0 amide bonds. The molecule has 0 radical (unpaired) electrons. The number of benzene rings is 1. The second-order valence-corrected chi connectivity index (χ2v) is 5.75. The van der Waals surface area contributed by atoms with Crippen molar-refractivity contribution in [2.24, 2.45) is 7.05 Å². The van der Waals surface area contributed by atoms with Crippen LogP contribution in [0, 0.1) is 13.8 Å². The quantitative estimate of drug-likeness (QED) is 0.768. The summed E-state index contributed by atoms with van der Waals surface area (Å²) >= 11 is 0. The molecule has 3 rings (SSSR count). The Labute approximate surface area is 149 Å². The van der Waals surface area contributed by atoms with Crippen LogP contribution in [-0.2, 0) is 13.6 Å². The molecular formula is C19H23ClN4. The molecule has 3 aromatic rings. The van der Waals surface area contributed by atoms with E-state index in [-0.39, 0.29) is 18.4 Å². The molecule has 0 aliphatic carbocycles. The van der Waals surface area contributed by atoms with Gasteiger partial charge in [0.25, 0.3) is 0 Å². The average Bonchev–Trinajstić information content (AvgIpc) is 2.83. The van der Waals surface area contributed by atoms with E-state index in [2.05, 4.69) is 59.6 Å². The topological polar surface area (TPSA) is 42.7 Å². The smallest absolute Gasteiger partial charge is 0.0754 e.